The number of rotatable bonds is 6. The molecule has 0 aliphatic carbocycles. The highest BCUT2D eigenvalue weighted by molar-refractivity contribution is 6.74. The number of cyclic esters (lactones) is 1. The fourth-order valence-electron chi connectivity index (χ4n) is 5.88. The molecule has 1 fully saturated rings. The van der Waals surface area contributed by atoms with Crippen LogP contribution in [-0.2, 0) is 35.1 Å². The summed E-state index contributed by atoms with van der Waals surface area (Å²) >= 11 is 0. The number of ether oxygens (including phenoxy) is 2. The quantitative estimate of drug-likeness (QED) is 0.201. The largest absolute Gasteiger partial charge is 0.543 e. The van der Waals surface area contributed by atoms with Gasteiger partial charge in [0.2, 0.25) is 20.1 Å². The smallest absolute Gasteiger partial charge is 0.324 e. The van der Waals surface area contributed by atoms with Gasteiger partial charge in [0.25, 0.3) is 5.91 Å². The van der Waals surface area contributed by atoms with E-state index < -0.39 is 44.2 Å². The Labute approximate surface area is 300 Å². The van der Waals surface area contributed by atoms with Crippen molar-refractivity contribution in [3.8, 4) is 5.75 Å². The molecule has 11 nitrogen and oxygen atoms in total. The molecule has 0 saturated carbocycles. The molecule has 3 amide bonds. The summed E-state index contributed by atoms with van der Waals surface area (Å²) in [5.41, 5.74) is 3.89. The van der Waals surface area contributed by atoms with Crippen LogP contribution in [0.1, 0.15) is 92.1 Å². The summed E-state index contributed by atoms with van der Waals surface area (Å²) in [6.45, 7) is 17.1. The van der Waals surface area contributed by atoms with Crippen LogP contribution >= 0.6 is 0 Å². The minimum absolute atomic E-state index is 0.00327. The van der Waals surface area contributed by atoms with E-state index >= 15 is 0 Å². The number of carbonyl (C=O) groups excluding carboxylic acids is 4. The van der Waals surface area contributed by atoms with Crippen LogP contribution in [0, 0.1) is 11.8 Å². The van der Waals surface area contributed by atoms with E-state index in [1.807, 2.05) is 45.0 Å². The lowest BCUT2D eigenvalue weighted by molar-refractivity contribution is -0.153. The zero-order valence-electron chi connectivity index (χ0n) is 31.8. The highest BCUT2D eigenvalue weighted by Crippen LogP contribution is 2.37. The number of nitrogens with zero attached hydrogens (tertiary/aromatic N) is 1. The second-order valence-electron chi connectivity index (χ2n) is 15.6. The fraction of sp³-hybridized carbons (Fsp3) is 0.684. The van der Waals surface area contributed by atoms with Crippen LogP contribution in [0.5, 0.6) is 5.75 Å². The highest BCUT2D eigenvalue weighted by Gasteiger charge is 2.39. The predicted molar refractivity (Wildman–Crippen MR) is 198 cm³/mol. The fourth-order valence-corrected chi connectivity index (χ4v) is 6.90. The Balaban J connectivity index is 1.93. The Morgan fingerprint density at radius 2 is 1.70 bits per heavy atom. The Morgan fingerprint density at radius 1 is 0.980 bits per heavy atom. The lowest BCUT2D eigenvalue weighted by atomic mass is 9.96. The average molecular weight is 715 g/mol. The molecule has 2 aliphatic rings. The highest BCUT2D eigenvalue weighted by atomic mass is 28.4. The van der Waals surface area contributed by atoms with Crippen molar-refractivity contribution >= 4 is 32.0 Å². The van der Waals surface area contributed by atoms with E-state index in [-0.39, 0.29) is 35.3 Å². The molecular formula is C38H62N4O7Si. The van der Waals surface area contributed by atoms with Gasteiger partial charge in [0.1, 0.15) is 23.9 Å². The third-order valence-electron chi connectivity index (χ3n) is 10.2. The van der Waals surface area contributed by atoms with Crippen LogP contribution in [0.3, 0.4) is 0 Å². The van der Waals surface area contributed by atoms with Crippen molar-refractivity contribution in [1.82, 2.24) is 21.1 Å². The van der Waals surface area contributed by atoms with Gasteiger partial charge in [-0.15, -0.1) is 0 Å². The second kappa shape index (κ2) is 18.9. The number of benzene rings is 1. The van der Waals surface area contributed by atoms with Crippen LogP contribution in [0.15, 0.2) is 36.4 Å². The molecule has 2 heterocycles. The predicted octanol–water partition coefficient (Wildman–Crippen LogP) is 5.45. The number of allylic oxidation sites excluding steroid dienone is 2. The van der Waals surface area contributed by atoms with Crippen molar-refractivity contribution in [2.45, 2.75) is 135 Å². The lowest BCUT2D eigenvalue weighted by Gasteiger charge is -2.36. The van der Waals surface area contributed by atoms with Crippen LogP contribution in [0.25, 0.3) is 0 Å². The average Bonchev–Trinajstić information content (AvgIpc) is 3.05. The SMILES string of the molecule is CO[C@@H]1CC/C=C/CCCCOC(=O)[C@@H]2CCCN(N2)C(=O)[C@H](Cc2cccc(O[Si](C)(C)C(C)(C)C)c2)NC(=O)[C@H](C(C)C)NC(=O)[C@@H]1C. The van der Waals surface area contributed by atoms with Crippen LogP contribution in [-0.4, -0.2) is 81.5 Å². The van der Waals surface area contributed by atoms with Gasteiger partial charge in [0.15, 0.2) is 0 Å². The van der Waals surface area contributed by atoms with Crippen LogP contribution in [0.2, 0.25) is 18.1 Å². The van der Waals surface area contributed by atoms with Gasteiger partial charge < -0.3 is 24.5 Å². The minimum Gasteiger partial charge on any atom is -0.543 e. The van der Waals surface area contributed by atoms with Crippen molar-refractivity contribution in [2.24, 2.45) is 11.8 Å². The van der Waals surface area contributed by atoms with Crippen LogP contribution < -0.4 is 20.5 Å². The number of carbonyl (C=O) groups is 4. The molecule has 1 aromatic rings. The van der Waals surface area contributed by atoms with Crippen molar-refractivity contribution in [1.29, 1.82) is 0 Å². The number of methoxy groups -OCH3 is 1. The Morgan fingerprint density at radius 3 is 2.38 bits per heavy atom. The van der Waals surface area contributed by atoms with Crippen molar-refractivity contribution in [3.05, 3.63) is 42.0 Å². The molecular weight excluding hydrogens is 653 g/mol. The van der Waals surface area contributed by atoms with E-state index in [0.29, 0.717) is 32.4 Å². The van der Waals surface area contributed by atoms with Gasteiger partial charge in [-0.2, -0.15) is 0 Å². The molecule has 5 atom stereocenters. The summed E-state index contributed by atoms with van der Waals surface area (Å²) in [6, 6.07) is 5.11. The molecule has 1 aromatic carbocycles. The zero-order chi connectivity index (χ0) is 37.1. The molecule has 280 valence electrons. The van der Waals surface area contributed by atoms with E-state index in [2.05, 4.69) is 62.1 Å². The Kier molecular flexibility index (Phi) is 15.5. The number of hydrazine groups is 1. The first-order chi connectivity index (χ1) is 23.5. The summed E-state index contributed by atoms with van der Waals surface area (Å²) in [4.78, 5) is 54.7. The van der Waals surface area contributed by atoms with Gasteiger partial charge in [-0.05, 0) is 86.7 Å². The van der Waals surface area contributed by atoms with E-state index in [1.54, 1.807) is 7.11 Å². The molecule has 0 unspecified atom stereocenters. The first-order valence-electron chi connectivity index (χ1n) is 18.3. The van der Waals surface area contributed by atoms with Crippen molar-refractivity contribution in [2.75, 3.05) is 20.3 Å². The zero-order valence-corrected chi connectivity index (χ0v) is 32.8. The third-order valence-corrected chi connectivity index (χ3v) is 14.5. The minimum atomic E-state index is -2.13. The first kappa shape index (κ1) is 41.2. The summed E-state index contributed by atoms with van der Waals surface area (Å²) in [7, 11) is -0.538. The number of fused-ring (bicyclic) bond motifs is 2. The normalized spacial score (nSPS) is 26.6. The molecule has 12 heteroatoms. The maximum absolute atomic E-state index is 14.2. The summed E-state index contributed by atoms with van der Waals surface area (Å²) < 4.78 is 17.8. The molecule has 2 aliphatic heterocycles. The van der Waals surface area contributed by atoms with Gasteiger partial charge in [-0.25, -0.2) is 5.43 Å². The van der Waals surface area contributed by atoms with Crippen molar-refractivity contribution < 1.29 is 33.1 Å². The molecule has 50 heavy (non-hydrogen) atoms. The number of esters is 1. The van der Waals surface area contributed by atoms with Crippen LogP contribution in [0.4, 0.5) is 0 Å². The first-order valence-corrected chi connectivity index (χ1v) is 21.3. The molecule has 0 radical (unpaired) electrons. The van der Waals surface area contributed by atoms with Gasteiger partial charge >= 0.3 is 5.97 Å². The van der Waals surface area contributed by atoms with Gasteiger partial charge in [-0.1, -0.05) is 65.8 Å². The number of hydrogen-bond donors (Lipinski definition) is 3. The van der Waals surface area contributed by atoms with E-state index in [1.165, 1.54) is 5.01 Å². The van der Waals surface area contributed by atoms with Gasteiger partial charge in [-0.3, -0.25) is 24.2 Å². The second-order valence-corrected chi connectivity index (χ2v) is 20.3. The van der Waals surface area contributed by atoms with E-state index in [0.717, 1.165) is 37.0 Å². The van der Waals surface area contributed by atoms with Gasteiger partial charge in [0, 0.05) is 20.1 Å². The topological polar surface area (TPSA) is 135 Å². The summed E-state index contributed by atoms with van der Waals surface area (Å²) in [6.07, 6.45) is 9.03. The summed E-state index contributed by atoms with van der Waals surface area (Å²) in [5, 5.41) is 7.36. The van der Waals surface area contributed by atoms with E-state index in [4.69, 9.17) is 13.9 Å². The molecule has 1 saturated heterocycles. The van der Waals surface area contributed by atoms with Crippen molar-refractivity contribution in [3.63, 3.8) is 0 Å². The van der Waals surface area contributed by atoms with Gasteiger partial charge in [0.05, 0.1) is 18.6 Å². The molecule has 3 rings (SSSR count). The molecule has 0 spiro atoms. The maximum Gasteiger partial charge on any atom is 0.324 e. The number of nitrogens with one attached hydrogen (secondary N) is 3. The molecule has 0 aromatic heterocycles. The third kappa shape index (κ3) is 11.9. The number of amides is 3. The Bertz CT molecular complexity index is 1330. The summed E-state index contributed by atoms with van der Waals surface area (Å²) in [5.74, 6) is -1.54. The monoisotopic (exact) mass is 714 g/mol. The molecule has 2 bridgehead atoms. The van der Waals surface area contributed by atoms with E-state index in [9.17, 15) is 19.2 Å². The maximum atomic E-state index is 14.2. The standard InChI is InChI=1S/C38H62N4O7Si/c1-26(2)33-35(44)39-31(25-28-18-16-19-29(24-28)49-50(8,9)38(4,5)6)36(45)42-22-17-20-30(41-42)37(46)48-23-15-13-11-10-12-14-21-32(47-7)27(3)34(43)40-33/h10,12,16,18-19,24,26-27,30-33,41H,11,13-15,17,20-23,25H2,1-9H3,(H,39,44)(H,40,43)/b12-10+/t27-,30+,31+,32-,33+/m1/s1. The lowest BCUT2D eigenvalue weighted by Crippen LogP contribution is -2.62. The molecule has 3 N–H and O–H groups in total. The Hall–Kier alpha value is -3.22. The number of hydrogen-bond acceptors (Lipinski definition) is 8.